The Balaban J connectivity index is 2.01. The fourth-order valence-corrected chi connectivity index (χ4v) is 1.79. The lowest BCUT2D eigenvalue weighted by molar-refractivity contribution is 0.342. The van der Waals surface area contributed by atoms with Crippen LogP contribution in [0.15, 0.2) is 28.8 Å². The van der Waals surface area contributed by atoms with Gasteiger partial charge in [0.2, 0.25) is 0 Å². The zero-order chi connectivity index (χ0) is 13.1. The third-order valence-corrected chi connectivity index (χ3v) is 3.18. The van der Waals surface area contributed by atoms with Crippen molar-refractivity contribution in [3.05, 3.63) is 45.6 Å². The molecular weight excluding hydrogens is 275 g/mol. The van der Waals surface area contributed by atoms with Crippen LogP contribution >= 0.6 is 23.2 Å². The van der Waals surface area contributed by atoms with E-state index in [0.29, 0.717) is 39.9 Å². The third-order valence-electron chi connectivity index (χ3n) is 2.44. The molecule has 94 valence electrons. The number of aryl methyl sites for hydroxylation is 1. The average Bonchev–Trinajstić information content (AvgIpc) is 2.75. The van der Waals surface area contributed by atoms with Gasteiger partial charge >= 0.3 is 0 Å². The van der Waals surface area contributed by atoms with Gasteiger partial charge in [0.25, 0.3) is 5.88 Å². The highest BCUT2D eigenvalue weighted by Crippen LogP contribution is 2.23. The standard InChI is InChI=1S/C12H10Cl2N2O2/c13-9-3-1-7(5-10(9)14)11(15)4-2-8-6-12(17)16-18-8/h1,3,5-6,15H,2,4H2,(H,16,17). The number of benzene rings is 1. The van der Waals surface area contributed by atoms with E-state index in [4.69, 9.17) is 38.2 Å². The molecule has 0 saturated heterocycles. The number of rotatable bonds is 4. The molecule has 0 bridgehead atoms. The second-order valence-electron chi connectivity index (χ2n) is 3.76. The maximum Gasteiger partial charge on any atom is 0.251 e. The van der Waals surface area contributed by atoms with E-state index in [9.17, 15) is 0 Å². The molecule has 6 heteroatoms. The van der Waals surface area contributed by atoms with Crippen molar-refractivity contribution in [1.82, 2.24) is 5.16 Å². The summed E-state index contributed by atoms with van der Waals surface area (Å²) in [4.78, 5) is 0. The van der Waals surface area contributed by atoms with Crippen molar-refractivity contribution in [2.24, 2.45) is 0 Å². The van der Waals surface area contributed by atoms with Gasteiger partial charge in [0.15, 0.2) is 0 Å². The molecule has 1 heterocycles. The minimum absolute atomic E-state index is 0.147. The van der Waals surface area contributed by atoms with Crippen molar-refractivity contribution in [2.45, 2.75) is 12.8 Å². The van der Waals surface area contributed by atoms with Crippen LogP contribution in [0, 0.1) is 5.41 Å². The molecule has 0 amide bonds. The number of aromatic hydroxyl groups is 1. The summed E-state index contributed by atoms with van der Waals surface area (Å²) in [5.41, 5.74) is 1.14. The Bertz CT molecular complexity index is 581. The number of hydrogen-bond acceptors (Lipinski definition) is 4. The van der Waals surface area contributed by atoms with E-state index in [0.717, 1.165) is 0 Å². The molecule has 0 fully saturated rings. The van der Waals surface area contributed by atoms with Crippen LogP contribution in [-0.4, -0.2) is 16.0 Å². The van der Waals surface area contributed by atoms with Gasteiger partial charge in [-0.3, -0.25) is 0 Å². The molecular formula is C12H10Cl2N2O2. The van der Waals surface area contributed by atoms with Crippen molar-refractivity contribution in [3.63, 3.8) is 0 Å². The van der Waals surface area contributed by atoms with Crippen LogP contribution in [0.25, 0.3) is 0 Å². The minimum Gasteiger partial charge on any atom is -0.491 e. The molecule has 1 aromatic carbocycles. The normalized spacial score (nSPS) is 10.6. The lowest BCUT2D eigenvalue weighted by Gasteiger charge is -2.04. The SMILES string of the molecule is N=C(CCc1cc(O)no1)c1ccc(Cl)c(Cl)c1. The predicted octanol–water partition coefficient (Wildman–Crippen LogP) is 3.69. The van der Waals surface area contributed by atoms with Crippen LogP contribution in [0.2, 0.25) is 10.0 Å². The topological polar surface area (TPSA) is 70.1 Å². The molecule has 0 unspecified atom stereocenters. The smallest absolute Gasteiger partial charge is 0.251 e. The monoisotopic (exact) mass is 284 g/mol. The Morgan fingerprint density at radius 1 is 1.28 bits per heavy atom. The molecule has 0 aliphatic rings. The van der Waals surface area contributed by atoms with Gasteiger partial charge in [0.05, 0.1) is 10.0 Å². The summed E-state index contributed by atoms with van der Waals surface area (Å²) in [6.07, 6.45) is 0.958. The van der Waals surface area contributed by atoms with E-state index in [-0.39, 0.29) is 5.88 Å². The van der Waals surface area contributed by atoms with Crippen molar-refractivity contribution in [2.75, 3.05) is 0 Å². The molecule has 0 atom stereocenters. The van der Waals surface area contributed by atoms with Gasteiger partial charge in [-0.2, -0.15) is 0 Å². The summed E-state index contributed by atoms with van der Waals surface area (Å²) < 4.78 is 4.85. The van der Waals surface area contributed by atoms with Gasteiger partial charge in [-0.05, 0) is 29.3 Å². The van der Waals surface area contributed by atoms with Crippen molar-refractivity contribution >= 4 is 28.9 Å². The number of nitrogens with zero attached hydrogens (tertiary/aromatic N) is 1. The quantitative estimate of drug-likeness (QED) is 0.842. The molecule has 0 radical (unpaired) electrons. The molecule has 18 heavy (non-hydrogen) atoms. The Labute approximate surface area is 114 Å². The highest BCUT2D eigenvalue weighted by atomic mass is 35.5. The van der Waals surface area contributed by atoms with Gasteiger partial charge in [0, 0.05) is 18.2 Å². The van der Waals surface area contributed by atoms with Gasteiger partial charge < -0.3 is 15.0 Å². The number of halogens is 2. The summed E-state index contributed by atoms with van der Waals surface area (Å²) in [7, 11) is 0. The Morgan fingerprint density at radius 3 is 2.67 bits per heavy atom. The summed E-state index contributed by atoms with van der Waals surface area (Å²) in [6, 6.07) is 6.49. The first kappa shape index (κ1) is 12.9. The molecule has 0 saturated carbocycles. The second kappa shape index (κ2) is 5.42. The first-order chi connectivity index (χ1) is 8.56. The first-order valence-corrected chi connectivity index (χ1v) is 5.99. The molecule has 0 aliphatic carbocycles. The summed E-state index contributed by atoms with van der Waals surface area (Å²) in [5, 5.41) is 21.2. The van der Waals surface area contributed by atoms with Crippen LogP contribution in [0.5, 0.6) is 5.88 Å². The van der Waals surface area contributed by atoms with Gasteiger partial charge in [-0.15, -0.1) is 0 Å². The molecule has 1 aromatic heterocycles. The first-order valence-electron chi connectivity index (χ1n) is 5.23. The van der Waals surface area contributed by atoms with Crippen molar-refractivity contribution in [3.8, 4) is 5.88 Å². The number of hydrogen-bond donors (Lipinski definition) is 2. The summed E-state index contributed by atoms with van der Waals surface area (Å²) in [5.74, 6) is 0.392. The maximum atomic E-state index is 9.01. The number of aromatic nitrogens is 1. The van der Waals surface area contributed by atoms with E-state index in [2.05, 4.69) is 5.16 Å². The average molecular weight is 285 g/mol. The Hall–Kier alpha value is -1.52. The highest BCUT2D eigenvalue weighted by Gasteiger charge is 2.08. The van der Waals surface area contributed by atoms with Crippen LogP contribution in [0.4, 0.5) is 0 Å². The van der Waals surface area contributed by atoms with Crippen molar-refractivity contribution in [1.29, 1.82) is 5.41 Å². The lowest BCUT2D eigenvalue weighted by Crippen LogP contribution is -2.00. The highest BCUT2D eigenvalue weighted by molar-refractivity contribution is 6.42. The van der Waals surface area contributed by atoms with Crippen LogP contribution in [-0.2, 0) is 6.42 Å². The summed E-state index contributed by atoms with van der Waals surface area (Å²) >= 11 is 11.7. The van der Waals surface area contributed by atoms with Gasteiger partial charge in [0.1, 0.15) is 5.76 Å². The Morgan fingerprint density at radius 2 is 2.06 bits per heavy atom. The largest absolute Gasteiger partial charge is 0.491 e. The zero-order valence-corrected chi connectivity index (χ0v) is 10.8. The molecule has 4 nitrogen and oxygen atoms in total. The maximum absolute atomic E-state index is 9.01. The molecule has 2 rings (SSSR count). The fraction of sp³-hybridized carbons (Fsp3) is 0.167. The van der Waals surface area contributed by atoms with Gasteiger partial charge in [-0.25, -0.2) is 0 Å². The van der Waals surface area contributed by atoms with Crippen LogP contribution in [0.3, 0.4) is 0 Å². The minimum atomic E-state index is -0.147. The van der Waals surface area contributed by atoms with Crippen LogP contribution < -0.4 is 0 Å². The lowest BCUT2D eigenvalue weighted by atomic mass is 10.1. The van der Waals surface area contributed by atoms with E-state index in [1.54, 1.807) is 18.2 Å². The van der Waals surface area contributed by atoms with E-state index >= 15 is 0 Å². The van der Waals surface area contributed by atoms with E-state index in [1.807, 2.05) is 0 Å². The Kier molecular flexibility index (Phi) is 3.89. The second-order valence-corrected chi connectivity index (χ2v) is 4.57. The fourth-order valence-electron chi connectivity index (χ4n) is 1.50. The van der Waals surface area contributed by atoms with E-state index < -0.39 is 0 Å². The van der Waals surface area contributed by atoms with Crippen molar-refractivity contribution < 1.29 is 9.63 Å². The van der Waals surface area contributed by atoms with Crippen LogP contribution in [0.1, 0.15) is 17.7 Å². The molecule has 2 N–H and O–H groups in total. The molecule has 2 aromatic rings. The number of nitrogens with one attached hydrogen (secondary N) is 1. The van der Waals surface area contributed by atoms with E-state index in [1.165, 1.54) is 6.07 Å². The predicted molar refractivity (Wildman–Crippen MR) is 69.8 cm³/mol. The summed E-state index contributed by atoms with van der Waals surface area (Å²) in [6.45, 7) is 0. The molecule has 0 aliphatic heterocycles. The third kappa shape index (κ3) is 3.03. The van der Waals surface area contributed by atoms with Gasteiger partial charge in [-0.1, -0.05) is 29.3 Å². The zero-order valence-electron chi connectivity index (χ0n) is 9.28. The molecule has 0 spiro atoms.